The fraction of sp³-hybridized carbons (Fsp3) is 1.00. The Balaban J connectivity index is 1.95. The van der Waals surface area contributed by atoms with Crippen LogP contribution in [0, 0.1) is 11.3 Å². The lowest BCUT2D eigenvalue weighted by Gasteiger charge is -2.48. The Bertz CT molecular complexity index is 142. The molecule has 0 radical (unpaired) electrons. The molecular weight excluding hydrogens is 150 g/mol. The van der Waals surface area contributed by atoms with Gasteiger partial charge in [-0.2, -0.15) is 0 Å². The van der Waals surface area contributed by atoms with Gasteiger partial charge in [-0.1, -0.05) is 6.92 Å². The van der Waals surface area contributed by atoms with Crippen molar-refractivity contribution >= 4 is 0 Å². The molecule has 0 bridgehead atoms. The third-order valence-electron chi connectivity index (χ3n) is 3.65. The molecule has 0 aromatic rings. The highest BCUT2D eigenvalue weighted by Gasteiger charge is 2.43. The lowest BCUT2D eigenvalue weighted by Crippen LogP contribution is -2.52. The Labute approximate surface area is 74.7 Å². The highest BCUT2D eigenvalue weighted by molar-refractivity contribution is 4.93. The highest BCUT2D eigenvalue weighted by atomic mass is 16.5. The minimum Gasteiger partial charge on any atom is -0.380 e. The summed E-state index contributed by atoms with van der Waals surface area (Å²) in [6.07, 6.45) is 4.05. The van der Waals surface area contributed by atoms with Crippen LogP contribution in [-0.4, -0.2) is 26.3 Å². The minimum atomic E-state index is 0.549. The van der Waals surface area contributed by atoms with E-state index in [1.807, 2.05) is 0 Å². The fourth-order valence-electron chi connectivity index (χ4n) is 2.47. The van der Waals surface area contributed by atoms with Crippen LogP contribution >= 0.6 is 0 Å². The van der Waals surface area contributed by atoms with E-state index in [0.29, 0.717) is 5.41 Å². The van der Waals surface area contributed by atoms with Gasteiger partial charge in [0.25, 0.3) is 0 Å². The normalized spacial score (nSPS) is 34.2. The smallest absolute Gasteiger partial charge is 0.0547 e. The van der Waals surface area contributed by atoms with E-state index in [9.17, 15) is 0 Å². The minimum absolute atomic E-state index is 0.549. The molecule has 2 rings (SSSR count). The van der Waals surface area contributed by atoms with Gasteiger partial charge in [-0.15, -0.1) is 0 Å². The maximum Gasteiger partial charge on any atom is 0.0547 e. The van der Waals surface area contributed by atoms with Crippen LogP contribution in [-0.2, 0) is 4.74 Å². The molecule has 2 heterocycles. The monoisotopic (exact) mass is 169 g/mol. The van der Waals surface area contributed by atoms with E-state index in [1.54, 1.807) is 0 Å². The molecule has 1 N–H and O–H groups in total. The second-order valence-electron chi connectivity index (χ2n) is 4.25. The average Bonchev–Trinajstić information content (AvgIpc) is 2.05. The first kappa shape index (κ1) is 8.52. The van der Waals surface area contributed by atoms with E-state index in [1.165, 1.54) is 32.4 Å². The van der Waals surface area contributed by atoms with Gasteiger partial charge in [-0.3, -0.25) is 0 Å². The topological polar surface area (TPSA) is 21.3 Å². The summed E-state index contributed by atoms with van der Waals surface area (Å²) in [5.41, 5.74) is 0.549. The van der Waals surface area contributed by atoms with Gasteiger partial charge in [0, 0.05) is 5.41 Å². The first-order valence-electron chi connectivity index (χ1n) is 5.16. The van der Waals surface area contributed by atoms with Crippen LogP contribution < -0.4 is 5.32 Å². The molecular formula is C10H19NO. The predicted octanol–water partition coefficient (Wildman–Crippen LogP) is 1.41. The van der Waals surface area contributed by atoms with E-state index in [0.717, 1.165) is 19.1 Å². The number of piperidine rings is 1. The Hall–Kier alpha value is -0.0800. The molecule has 0 aromatic carbocycles. The molecule has 12 heavy (non-hydrogen) atoms. The van der Waals surface area contributed by atoms with Crippen molar-refractivity contribution < 1.29 is 4.74 Å². The van der Waals surface area contributed by atoms with Crippen molar-refractivity contribution in [3.8, 4) is 0 Å². The summed E-state index contributed by atoms with van der Waals surface area (Å²) >= 11 is 0. The molecule has 70 valence electrons. The van der Waals surface area contributed by atoms with E-state index in [4.69, 9.17) is 4.74 Å². The summed E-state index contributed by atoms with van der Waals surface area (Å²) in [6.45, 7) is 6.76. The summed E-state index contributed by atoms with van der Waals surface area (Å²) in [7, 11) is 0. The van der Waals surface area contributed by atoms with Crippen LogP contribution in [0.15, 0.2) is 0 Å². The maximum absolute atomic E-state index is 5.35. The van der Waals surface area contributed by atoms with Crippen molar-refractivity contribution in [3.05, 3.63) is 0 Å². The zero-order chi connectivity index (χ0) is 8.44. The Morgan fingerprint density at radius 3 is 2.75 bits per heavy atom. The molecule has 2 fully saturated rings. The quantitative estimate of drug-likeness (QED) is 0.675. The highest BCUT2D eigenvalue weighted by Crippen LogP contribution is 2.41. The van der Waals surface area contributed by atoms with Gasteiger partial charge >= 0.3 is 0 Å². The van der Waals surface area contributed by atoms with Gasteiger partial charge in [0.2, 0.25) is 0 Å². The second kappa shape index (κ2) is 3.35. The van der Waals surface area contributed by atoms with Gasteiger partial charge in [-0.05, 0) is 38.3 Å². The van der Waals surface area contributed by atoms with Crippen LogP contribution in [0.2, 0.25) is 0 Å². The maximum atomic E-state index is 5.35. The fourth-order valence-corrected chi connectivity index (χ4v) is 2.47. The van der Waals surface area contributed by atoms with Crippen LogP contribution in [0.1, 0.15) is 26.2 Å². The van der Waals surface area contributed by atoms with Crippen LogP contribution in [0.3, 0.4) is 0 Å². The number of ether oxygens (including phenoxy) is 1. The summed E-state index contributed by atoms with van der Waals surface area (Å²) in [6, 6.07) is 0. The lowest BCUT2D eigenvalue weighted by atomic mass is 9.69. The Kier molecular flexibility index (Phi) is 2.37. The van der Waals surface area contributed by atoms with Crippen molar-refractivity contribution in [3.63, 3.8) is 0 Å². The van der Waals surface area contributed by atoms with Gasteiger partial charge in [-0.25, -0.2) is 0 Å². The molecule has 0 saturated carbocycles. The first-order chi connectivity index (χ1) is 5.87. The lowest BCUT2D eigenvalue weighted by molar-refractivity contribution is -0.151. The van der Waals surface area contributed by atoms with Crippen LogP contribution in [0.25, 0.3) is 0 Å². The Morgan fingerprint density at radius 1 is 1.50 bits per heavy atom. The number of hydrogen-bond donors (Lipinski definition) is 1. The summed E-state index contributed by atoms with van der Waals surface area (Å²) < 4.78 is 5.35. The third-order valence-corrected chi connectivity index (χ3v) is 3.65. The van der Waals surface area contributed by atoms with Crippen molar-refractivity contribution in [1.29, 1.82) is 0 Å². The van der Waals surface area contributed by atoms with E-state index in [-0.39, 0.29) is 0 Å². The van der Waals surface area contributed by atoms with E-state index < -0.39 is 0 Å². The van der Waals surface area contributed by atoms with Gasteiger partial charge in [0.15, 0.2) is 0 Å². The molecule has 2 nitrogen and oxygen atoms in total. The second-order valence-corrected chi connectivity index (χ2v) is 4.25. The average molecular weight is 169 g/mol. The third kappa shape index (κ3) is 1.27. The van der Waals surface area contributed by atoms with Crippen LogP contribution in [0.4, 0.5) is 0 Å². The molecule has 0 aliphatic carbocycles. The molecule has 2 saturated heterocycles. The molecule has 2 aliphatic heterocycles. The summed E-state index contributed by atoms with van der Waals surface area (Å²) in [4.78, 5) is 0. The van der Waals surface area contributed by atoms with Crippen molar-refractivity contribution in [2.24, 2.45) is 11.3 Å². The standard InChI is InChI=1S/C10H19NO/c1-2-10(7-12-8-10)9-4-3-5-11-6-9/h9,11H,2-8H2,1H3. The summed E-state index contributed by atoms with van der Waals surface area (Å²) in [5, 5.41) is 3.49. The predicted molar refractivity (Wildman–Crippen MR) is 49.1 cm³/mol. The molecule has 0 amide bonds. The molecule has 0 spiro atoms. The number of hydrogen-bond acceptors (Lipinski definition) is 2. The zero-order valence-corrected chi connectivity index (χ0v) is 7.94. The van der Waals surface area contributed by atoms with Gasteiger partial charge in [0.1, 0.15) is 0 Å². The Morgan fingerprint density at radius 2 is 2.33 bits per heavy atom. The van der Waals surface area contributed by atoms with Crippen molar-refractivity contribution in [1.82, 2.24) is 5.32 Å². The summed E-state index contributed by atoms with van der Waals surface area (Å²) in [5.74, 6) is 0.880. The van der Waals surface area contributed by atoms with Crippen molar-refractivity contribution in [2.45, 2.75) is 26.2 Å². The first-order valence-corrected chi connectivity index (χ1v) is 5.16. The van der Waals surface area contributed by atoms with Gasteiger partial charge in [0.05, 0.1) is 13.2 Å². The SMILES string of the molecule is CCC1(C2CCCNC2)COC1. The molecule has 2 aliphatic rings. The molecule has 0 aromatic heterocycles. The molecule has 2 heteroatoms. The van der Waals surface area contributed by atoms with Crippen molar-refractivity contribution in [2.75, 3.05) is 26.3 Å². The van der Waals surface area contributed by atoms with Crippen LogP contribution in [0.5, 0.6) is 0 Å². The largest absolute Gasteiger partial charge is 0.380 e. The zero-order valence-electron chi connectivity index (χ0n) is 7.94. The molecule has 1 atom stereocenters. The van der Waals surface area contributed by atoms with E-state index >= 15 is 0 Å². The molecule has 1 unspecified atom stereocenters. The van der Waals surface area contributed by atoms with Gasteiger partial charge < -0.3 is 10.1 Å². The van der Waals surface area contributed by atoms with E-state index in [2.05, 4.69) is 12.2 Å². The number of nitrogens with one attached hydrogen (secondary N) is 1. The number of rotatable bonds is 2.